The standard InChI is InChI=1S/C15H18ClN/c1-2-12-6-7-15(9-12,11-17)10-13-4-3-5-14(16)8-13/h3-5,8,12H,2,6-7,9-10H2,1H3. The Balaban J connectivity index is 2.14. The predicted molar refractivity (Wildman–Crippen MR) is 70.8 cm³/mol. The second kappa shape index (κ2) is 5.10. The predicted octanol–water partition coefficient (Wildman–Crippen LogP) is 4.60. The molecule has 1 saturated carbocycles. The molecule has 0 aliphatic heterocycles. The zero-order valence-corrected chi connectivity index (χ0v) is 11.0. The van der Waals surface area contributed by atoms with Crippen LogP contribution in [0.3, 0.4) is 0 Å². The lowest BCUT2D eigenvalue weighted by Gasteiger charge is -2.21. The van der Waals surface area contributed by atoms with Crippen molar-refractivity contribution in [1.29, 1.82) is 5.26 Å². The zero-order valence-electron chi connectivity index (χ0n) is 10.2. The first-order chi connectivity index (χ1) is 8.17. The van der Waals surface area contributed by atoms with E-state index in [-0.39, 0.29) is 5.41 Å². The van der Waals surface area contributed by atoms with E-state index in [9.17, 15) is 5.26 Å². The number of hydrogen-bond donors (Lipinski definition) is 0. The molecule has 1 aromatic rings. The van der Waals surface area contributed by atoms with E-state index < -0.39 is 0 Å². The molecule has 1 aromatic carbocycles. The maximum atomic E-state index is 9.48. The highest BCUT2D eigenvalue weighted by Crippen LogP contribution is 2.45. The Morgan fingerprint density at radius 3 is 2.94 bits per heavy atom. The van der Waals surface area contributed by atoms with Gasteiger partial charge < -0.3 is 0 Å². The smallest absolute Gasteiger partial charge is 0.0693 e. The molecule has 0 saturated heterocycles. The van der Waals surface area contributed by atoms with Crippen LogP contribution in [-0.4, -0.2) is 0 Å². The van der Waals surface area contributed by atoms with Crippen LogP contribution in [0.15, 0.2) is 24.3 Å². The van der Waals surface area contributed by atoms with Crippen molar-refractivity contribution >= 4 is 11.6 Å². The normalized spacial score (nSPS) is 27.9. The van der Waals surface area contributed by atoms with Crippen molar-refractivity contribution in [2.24, 2.45) is 11.3 Å². The Hall–Kier alpha value is -1.00. The average Bonchev–Trinajstić information content (AvgIpc) is 2.73. The van der Waals surface area contributed by atoms with Crippen molar-refractivity contribution in [3.8, 4) is 6.07 Å². The van der Waals surface area contributed by atoms with E-state index >= 15 is 0 Å². The molecule has 1 aliphatic rings. The van der Waals surface area contributed by atoms with E-state index in [0.29, 0.717) is 0 Å². The van der Waals surface area contributed by atoms with Crippen LogP contribution in [0.25, 0.3) is 0 Å². The number of halogens is 1. The number of nitriles is 1. The molecule has 1 nitrogen and oxygen atoms in total. The van der Waals surface area contributed by atoms with Crippen molar-refractivity contribution < 1.29 is 0 Å². The summed E-state index contributed by atoms with van der Waals surface area (Å²) < 4.78 is 0. The van der Waals surface area contributed by atoms with Gasteiger partial charge in [0.15, 0.2) is 0 Å². The summed E-state index contributed by atoms with van der Waals surface area (Å²) in [7, 11) is 0. The third-order valence-electron chi connectivity index (χ3n) is 3.96. The molecule has 0 heterocycles. The zero-order chi connectivity index (χ0) is 12.3. The van der Waals surface area contributed by atoms with E-state index in [1.165, 1.54) is 18.4 Å². The topological polar surface area (TPSA) is 23.8 Å². The van der Waals surface area contributed by atoms with Crippen LogP contribution in [0, 0.1) is 22.7 Å². The van der Waals surface area contributed by atoms with Gasteiger partial charge in [-0.2, -0.15) is 5.26 Å². The summed E-state index contributed by atoms with van der Waals surface area (Å²) in [6.07, 6.45) is 5.32. The van der Waals surface area contributed by atoms with Crippen molar-refractivity contribution in [3.05, 3.63) is 34.9 Å². The summed E-state index contributed by atoms with van der Waals surface area (Å²) >= 11 is 5.99. The fraction of sp³-hybridized carbons (Fsp3) is 0.533. The van der Waals surface area contributed by atoms with E-state index in [0.717, 1.165) is 30.2 Å². The second-order valence-electron chi connectivity index (χ2n) is 5.22. The van der Waals surface area contributed by atoms with Gasteiger partial charge in [-0.3, -0.25) is 0 Å². The van der Waals surface area contributed by atoms with Crippen molar-refractivity contribution in [3.63, 3.8) is 0 Å². The lowest BCUT2D eigenvalue weighted by atomic mass is 9.80. The molecular weight excluding hydrogens is 230 g/mol. The third kappa shape index (κ3) is 2.82. The molecule has 17 heavy (non-hydrogen) atoms. The molecule has 0 N–H and O–H groups in total. The fourth-order valence-electron chi connectivity index (χ4n) is 2.92. The minimum atomic E-state index is -0.147. The summed E-state index contributed by atoms with van der Waals surface area (Å²) in [6.45, 7) is 2.22. The molecule has 0 aromatic heterocycles. The van der Waals surface area contributed by atoms with Gasteiger partial charge in [-0.15, -0.1) is 0 Å². The Morgan fingerprint density at radius 1 is 1.53 bits per heavy atom. The minimum Gasteiger partial charge on any atom is -0.198 e. The van der Waals surface area contributed by atoms with Gasteiger partial charge >= 0.3 is 0 Å². The van der Waals surface area contributed by atoms with Gasteiger partial charge in [0.25, 0.3) is 0 Å². The van der Waals surface area contributed by atoms with Crippen LogP contribution in [0.5, 0.6) is 0 Å². The molecule has 2 rings (SSSR count). The number of rotatable bonds is 3. The minimum absolute atomic E-state index is 0.147. The Bertz CT molecular complexity index is 435. The molecular formula is C15H18ClN. The van der Waals surface area contributed by atoms with Gasteiger partial charge in [0, 0.05) is 5.02 Å². The molecule has 2 unspecified atom stereocenters. The average molecular weight is 248 g/mol. The van der Waals surface area contributed by atoms with Crippen LogP contribution in [0.4, 0.5) is 0 Å². The highest BCUT2D eigenvalue weighted by Gasteiger charge is 2.38. The highest BCUT2D eigenvalue weighted by molar-refractivity contribution is 6.30. The lowest BCUT2D eigenvalue weighted by Crippen LogP contribution is -2.18. The Labute approximate surface area is 108 Å². The first-order valence-electron chi connectivity index (χ1n) is 6.33. The van der Waals surface area contributed by atoms with E-state index in [1.54, 1.807) is 0 Å². The molecule has 0 bridgehead atoms. The monoisotopic (exact) mass is 247 g/mol. The summed E-state index contributed by atoms with van der Waals surface area (Å²) in [4.78, 5) is 0. The molecule has 1 aliphatic carbocycles. The lowest BCUT2D eigenvalue weighted by molar-refractivity contribution is 0.381. The first-order valence-corrected chi connectivity index (χ1v) is 6.71. The first kappa shape index (κ1) is 12.5. The molecule has 2 heteroatoms. The van der Waals surface area contributed by atoms with Gasteiger partial charge in [0.05, 0.1) is 11.5 Å². The van der Waals surface area contributed by atoms with Crippen LogP contribution < -0.4 is 0 Å². The second-order valence-corrected chi connectivity index (χ2v) is 5.65. The van der Waals surface area contributed by atoms with Gasteiger partial charge in [0.1, 0.15) is 0 Å². The molecule has 2 atom stereocenters. The Morgan fingerprint density at radius 2 is 2.35 bits per heavy atom. The fourth-order valence-corrected chi connectivity index (χ4v) is 3.14. The van der Waals surface area contributed by atoms with Crippen molar-refractivity contribution in [1.82, 2.24) is 0 Å². The summed E-state index contributed by atoms with van der Waals surface area (Å²) in [5.41, 5.74) is 1.04. The summed E-state index contributed by atoms with van der Waals surface area (Å²) in [5, 5.41) is 10.2. The van der Waals surface area contributed by atoms with Gasteiger partial charge in [-0.25, -0.2) is 0 Å². The van der Waals surface area contributed by atoms with Crippen molar-refractivity contribution in [2.45, 2.75) is 39.0 Å². The molecule has 1 fully saturated rings. The van der Waals surface area contributed by atoms with E-state index in [2.05, 4.69) is 19.1 Å². The SMILES string of the molecule is CCC1CCC(C#N)(Cc2cccc(Cl)c2)C1. The Kier molecular flexibility index (Phi) is 3.74. The number of hydrogen-bond acceptors (Lipinski definition) is 1. The maximum absolute atomic E-state index is 9.48. The van der Waals surface area contributed by atoms with E-state index in [4.69, 9.17) is 11.6 Å². The van der Waals surface area contributed by atoms with Crippen molar-refractivity contribution in [2.75, 3.05) is 0 Å². The molecule has 0 spiro atoms. The van der Waals surface area contributed by atoms with Crippen LogP contribution in [-0.2, 0) is 6.42 Å². The quantitative estimate of drug-likeness (QED) is 0.766. The summed E-state index contributed by atoms with van der Waals surface area (Å²) in [6, 6.07) is 10.5. The highest BCUT2D eigenvalue weighted by atomic mass is 35.5. The number of benzene rings is 1. The van der Waals surface area contributed by atoms with Gasteiger partial charge in [-0.05, 0) is 49.3 Å². The van der Waals surface area contributed by atoms with Gasteiger partial charge in [0.2, 0.25) is 0 Å². The van der Waals surface area contributed by atoms with Gasteiger partial charge in [-0.1, -0.05) is 37.1 Å². The van der Waals surface area contributed by atoms with Crippen LogP contribution in [0.2, 0.25) is 5.02 Å². The number of nitrogens with zero attached hydrogens (tertiary/aromatic N) is 1. The van der Waals surface area contributed by atoms with Crippen LogP contribution >= 0.6 is 11.6 Å². The van der Waals surface area contributed by atoms with Crippen LogP contribution in [0.1, 0.15) is 38.2 Å². The summed E-state index contributed by atoms with van der Waals surface area (Å²) in [5.74, 6) is 0.730. The largest absolute Gasteiger partial charge is 0.198 e. The molecule has 0 radical (unpaired) electrons. The molecule has 0 amide bonds. The third-order valence-corrected chi connectivity index (χ3v) is 4.19. The maximum Gasteiger partial charge on any atom is 0.0693 e. The van der Waals surface area contributed by atoms with E-state index in [1.807, 2.05) is 18.2 Å². The molecule has 90 valence electrons.